The standard InChI is InChI=1S/C8H14O.CH3B/c9-8-6-4-2-1-3-5-7-8;1-2/h1-7H2;1H3. The van der Waals surface area contributed by atoms with E-state index in [0.29, 0.717) is 5.78 Å². The Kier molecular flexibility index (Phi) is 7.65. The molecule has 2 radical (unpaired) electrons. The summed E-state index contributed by atoms with van der Waals surface area (Å²) < 4.78 is 0. The third kappa shape index (κ3) is 6.15. The molecule has 1 fully saturated rings. The quantitative estimate of drug-likeness (QED) is 0.487. The van der Waals surface area contributed by atoms with Gasteiger partial charge >= 0.3 is 0 Å². The molecule has 0 aromatic carbocycles. The molecule has 0 saturated heterocycles. The molecule has 0 amide bonds. The molecule has 0 bridgehead atoms. The van der Waals surface area contributed by atoms with Crippen LogP contribution in [0.2, 0.25) is 6.82 Å². The van der Waals surface area contributed by atoms with Crippen molar-refractivity contribution in [3.8, 4) is 0 Å². The van der Waals surface area contributed by atoms with Gasteiger partial charge in [0.05, 0.1) is 7.85 Å². The highest BCUT2D eigenvalue weighted by Crippen LogP contribution is 2.13. The van der Waals surface area contributed by atoms with Crippen LogP contribution < -0.4 is 0 Å². The van der Waals surface area contributed by atoms with Gasteiger partial charge in [0.15, 0.2) is 0 Å². The van der Waals surface area contributed by atoms with Crippen LogP contribution >= 0.6 is 0 Å². The molecule has 0 atom stereocenters. The minimum Gasteiger partial charge on any atom is -0.300 e. The Hall–Kier alpha value is -0.265. The van der Waals surface area contributed by atoms with Crippen LogP contribution in [0.5, 0.6) is 0 Å². The number of carbonyl (C=O) groups excluding carboxylic acids is 1. The number of ketones is 1. The van der Waals surface area contributed by atoms with Crippen molar-refractivity contribution >= 4 is 13.6 Å². The Morgan fingerprint density at radius 2 is 1.27 bits per heavy atom. The number of hydrogen-bond acceptors (Lipinski definition) is 1. The summed E-state index contributed by atoms with van der Waals surface area (Å²) in [5.41, 5.74) is 0. The first-order valence-corrected chi connectivity index (χ1v) is 4.49. The maximum absolute atomic E-state index is 10.8. The van der Waals surface area contributed by atoms with Gasteiger partial charge in [0.1, 0.15) is 5.78 Å². The van der Waals surface area contributed by atoms with Crippen molar-refractivity contribution < 1.29 is 4.79 Å². The zero-order chi connectivity index (χ0) is 8.53. The fraction of sp³-hybridized carbons (Fsp3) is 0.889. The van der Waals surface area contributed by atoms with E-state index in [1.807, 2.05) is 0 Å². The molecule has 11 heavy (non-hydrogen) atoms. The summed E-state index contributed by atoms with van der Waals surface area (Å²) in [7, 11) is 4.50. The summed E-state index contributed by atoms with van der Waals surface area (Å²) in [6.45, 7) is 1.50. The molecule has 62 valence electrons. The smallest absolute Gasteiger partial charge is 0.132 e. The molecule has 2 heteroatoms. The van der Waals surface area contributed by atoms with Gasteiger partial charge in [-0.1, -0.05) is 26.1 Å². The van der Waals surface area contributed by atoms with Crippen molar-refractivity contribution in [2.75, 3.05) is 0 Å². The van der Waals surface area contributed by atoms with Crippen molar-refractivity contribution in [3.63, 3.8) is 0 Å². The van der Waals surface area contributed by atoms with Crippen LogP contribution in [0.15, 0.2) is 0 Å². The van der Waals surface area contributed by atoms with Gasteiger partial charge in [-0.15, -0.1) is 0 Å². The minimum atomic E-state index is 0.481. The first-order valence-electron chi connectivity index (χ1n) is 4.49. The molecule has 0 aliphatic heterocycles. The lowest BCUT2D eigenvalue weighted by molar-refractivity contribution is -0.119. The Bertz CT molecular complexity index is 91.7. The Morgan fingerprint density at radius 1 is 0.909 bits per heavy atom. The average molecular weight is 152 g/mol. The SMILES string of the molecule is O=C1CCCCCCC1.[B]C. The van der Waals surface area contributed by atoms with E-state index in [9.17, 15) is 4.79 Å². The van der Waals surface area contributed by atoms with Crippen molar-refractivity contribution in [1.82, 2.24) is 0 Å². The van der Waals surface area contributed by atoms with E-state index in [2.05, 4.69) is 7.85 Å². The highest BCUT2D eigenvalue weighted by Gasteiger charge is 2.04. The second-order valence-corrected chi connectivity index (χ2v) is 2.81. The van der Waals surface area contributed by atoms with Crippen molar-refractivity contribution in [2.24, 2.45) is 0 Å². The minimum absolute atomic E-state index is 0.481. The van der Waals surface area contributed by atoms with Crippen molar-refractivity contribution in [3.05, 3.63) is 0 Å². The monoisotopic (exact) mass is 152 g/mol. The molecule has 0 heterocycles. The van der Waals surface area contributed by atoms with Crippen molar-refractivity contribution in [2.45, 2.75) is 51.8 Å². The van der Waals surface area contributed by atoms with Gasteiger partial charge in [-0.3, -0.25) is 4.79 Å². The van der Waals surface area contributed by atoms with E-state index < -0.39 is 0 Å². The number of Topliss-reactive ketones (excluding diaryl/α,β-unsaturated/α-hetero) is 1. The molecule has 0 aromatic rings. The lowest BCUT2D eigenvalue weighted by Crippen LogP contribution is -2.00. The highest BCUT2D eigenvalue weighted by molar-refractivity contribution is 6.05. The average Bonchev–Trinajstić information content (AvgIpc) is 2.01. The molecule has 0 aromatic heterocycles. The second kappa shape index (κ2) is 7.84. The van der Waals surface area contributed by atoms with E-state index in [1.54, 1.807) is 0 Å². The molecule has 1 saturated carbocycles. The largest absolute Gasteiger partial charge is 0.300 e. The molecule has 0 spiro atoms. The van der Waals surface area contributed by atoms with E-state index in [0.717, 1.165) is 25.7 Å². The molecule has 1 aliphatic rings. The highest BCUT2D eigenvalue weighted by atomic mass is 16.1. The third-order valence-electron chi connectivity index (χ3n) is 1.91. The van der Waals surface area contributed by atoms with Gasteiger partial charge in [0.25, 0.3) is 0 Å². The summed E-state index contributed by atoms with van der Waals surface area (Å²) in [6.07, 6.45) is 7.85. The normalized spacial score (nSPS) is 19.2. The van der Waals surface area contributed by atoms with Gasteiger partial charge < -0.3 is 0 Å². The predicted octanol–water partition coefficient (Wildman–Crippen LogP) is 2.50. The van der Waals surface area contributed by atoms with Crippen LogP contribution in [0.3, 0.4) is 0 Å². The number of carbonyl (C=O) groups is 1. The summed E-state index contributed by atoms with van der Waals surface area (Å²) in [5, 5.41) is 0. The molecule has 1 rings (SSSR count). The molecular formula is C9H17BO. The van der Waals surface area contributed by atoms with E-state index in [4.69, 9.17) is 0 Å². The lowest BCUT2D eigenvalue weighted by atomic mass is 10.0. The Morgan fingerprint density at radius 3 is 1.73 bits per heavy atom. The zero-order valence-electron chi connectivity index (χ0n) is 7.44. The third-order valence-corrected chi connectivity index (χ3v) is 1.91. The maximum atomic E-state index is 10.8. The van der Waals surface area contributed by atoms with E-state index in [-0.39, 0.29) is 0 Å². The summed E-state index contributed by atoms with van der Waals surface area (Å²) in [4.78, 5) is 10.8. The van der Waals surface area contributed by atoms with Gasteiger partial charge in [-0.25, -0.2) is 0 Å². The molecule has 0 unspecified atom stereocenters. The first kappa shape index (κ1) is 10.7. The molecule has 1 aliphatic carbocycles. The first-order chi connectivity index (χ1) is 5.39. The fourth-order valence-corrected chi connectivity index (χ4v) is 1.30. The molecular weight excluding hydrogens is 135 g/mol. The summed E-state index contributed by atoms with van der Waals surface area (Å²) in [6, 6.07) is 0. The number of hydrogen-bond donors (Lipinski definition) is 0. The fourth-order valence-electron chi connectivity index (χ4n) is 1.30. The Balaban J connectivity index is 0.000000461. The van der Waals surface area contributed by atoms with Gasteiger partial charge in [-0.05, 0) is 12.8 Å². The van der Waals surface area contributed by atoms with E-state index >= 15 is 0 Å². The van der Waals surface area contributed by atoms with Gasteiger partial charge in [-0.2, -0.15) is 0 Å². The lowest BCUT2D eigenvalue weighted by Gasteiger charge is -2.05. The predicted molar refractivity (Wildman–Crippen MR) is 48.9 cm³/mol. The maximum Gasteiger partial charge on any atom is 0.132 e. The molecule has 0 N–H and O–H groups in total. The van der Waals surface area contributed by atoms with E-state index in [1.165, 1.54) is 26.1 Å². The van der Waals surface area contributed by atoms with Gasteiger partial charge in [0.2, 0.25) is 0 Å². The van der Waals surface area contributed by atoms with Crippen LogP contribution in [-0.4, -0.2) is 13.6 Å². The summed E-state index contributed by atoms with van der Waals surface area (Å²) >= 11 is 0. The van der Waals surface area contributed by atoms with Crippen LogP contribution in [0, 0.1) is 0 Å². The van der Waals surface area contributed by atoms with Crippen LogP contribution in [0.25, 0.3) is 0 Å². The molecule has 1 nitrogen and oxygen atoms in total. The zero-order valence-corrected chi connectivity index (χ0v) is 7.44. The summed E-state index contributed by atoms with van der Waals surface area (Å²) in [5.74, 6) is 0.481. The van der Waals surface area contributed by atoms with Crippen LogP contribution in [0.1, 0.15) is 44.9 Å². The Labute approximate surface area is 71.0 Å². The van der Waals surface area contributed by atoms with Crippen LogP contribution in [-0.2, 0) is 4.79 Å². The topological polar surface area (TPSA) is 17.1 Å². The van der Waals surface area contributed by atoms with Crippen molar-refractivity contribution in [1.29, 1.82) is 0 Å². The number of rotatable bonds is 0. The van der Waals surface area contributed by atoms with Gasteiger partial charge in [0, 0.05) is 12.8 Å². The second-order valence-electron chi connectivity index (χ2n) is 2.81. The van der Waals surface area contributed by atoms with Crippen LogP contribution in [0.4, 0.5) is 0 Å².